The Morgan fingerprint density at radius 1 is 1.03 bits per heavy atom. The second-order valence-electron chi connectivity index (χ2n) is 8.42. The first-order valence-corrected chi connectivity index (χ1v) is 12.1. The first-order chi connectivity index (χ1) is 17.1. The van der Waals surface area contributed by atoms with Gasteiger partial charge in [-0.15, -0.1) is 0 Å². The molecule has 0 aliphatic carbocycles. The molecule has 3 heterocycles. The molecule has 3 aliphatic heterocycles. The van der Waals surface area contributed by atoms with Crippen LogP contribution in [0.15, 0.2) is 82.8 Å². The summed E-state index contributed by atoms with van der Waals surface area (Å²) >= 11 is 1.13. The number of nitrogens with one attached hydrogen (secondary N) is 1. The van der Waals surface area contributed by atoms with Crippen molar-refractivity contribution in [2.75, 3.05) is 14.2 Å². The number of benzene rings is 3. The van der Waals surface area contributed by atoms with E-state index in [0.29, 0.717) is 6.42 Å². The molecule has 0 bridgehead atoms. The minimum Gasteiger partial charge on any atom is -0.497 e. The van der Waals surface area contributed by atoms with Gasteiger partial charge in [0.1, 0.15) is 17.2 Å². The summed E-state index contributed by atoms with van der Waals surface area (Å²) in [7, 11) is 3.29. The number of amides is 1. The molecule has 7 nitrogen and oxygen atoms in total. The molecule has 1 N–H and O–H groups in total. The largest absolute Gasteiger partial charge is 0.497 e. The quantitative estimate of drug-likeness (QED) is 0.534. The highest BCUT2D eigenvalue weighted by molar-refractivity contribution is 8.17. The van der Waals surface area contributed by atoms with E-state index >= 15 is 0 Å². The number of fused-ring (bicyclic) bond motifs is 4. The van der Waals surface area contributed by atoms with E-state index in [0.717, 1.165) is 56.3 Å². The zero-order valence-electron chi connectivity index (χ0n) is 19.2. The molecule has 0 saturated carbocycles. The summed E-state index contributed by atoms with van der Waals surface area (Å²) in [6.07, 6.45) is 2.65. The van der Waals surface area contributed by atoms with Crippen LogP contribution in [0.3, 0.4) is 0 Å². The normalized spacial score (nSPS) is 23.4. The number of hydrogen-bond donors (Lipinski definition) is 1. The zero-order chi connectivity index (χ0) is 24.0. The maximum absolute atomic E-state index is 12.8. The second-order valence-corrected chi connectivity index (χ2v) is 9.43. The first-order valence-electron chi connectivity index (χ1n) is 11.2. The fraction of sp³-hybridized carbons (Fsp3) is 0.185. The van der Waals surface area contributed by atoms with Crippen LogP contribution in [0.2, 0.25) is 0 Å². The van der Waals surface area contributed by atoms with Crippen molar-refractivity contribution < 1.29 is 19.0 Å². The summed E-state index contributed by atoms with van der Waals surface area (Å²) in [5.41, 5.74) is 3.90. The molecular weight excluding hydrogens is 462 g/mol. The molecule has 0 radical (unpaired) electrons. The second kappa shape index (κ2) is 8.39. The van der Waals surface area contributed by atoms with Crippen molar-refractivity contribution in [1.29, 1.82) is 0 Å². The third kappa shape index (κ3) is 3.61. The molecule has 1 amide bonds. The van der Waals surface area contributed by atoms with Gasteiger partial charge in [-0.2, -0.15) is 5.10 Å². The summed E-state index contributed by atoms with van der Waals surface area (Å²) in [5, 5.41) is 9.81. The van der Waals surface area contributed by atoms with Gasteiger partial charge in [-0.1, -0.05) is 30.3 Å². The van der Waals surface area contributed by atoms with Crippen LogP contribution in [0.5, 0.6) is 17.2 Å². The van der Waals surface area contributed by atoms with E-state index in [2.05, 4.69) is 11.4 Å². The van der Waals surface area contributed by atoms with E-state index in [9.17, 15) is 4.79 Å². The fourth-order valence-electron chi connectivity index (χ4n) is 4.67. The fourth-order valence-corrected chi connectivity index (χ4v) is 5.58. The Morgan fingerprint density at radius 3 is 2.43 bits per heavy atom. The Labute approximate surface area is 207 Å². The Balaban J connectivity index is 1.46. The van der Waals surface area contributed by atoms with Crippen LogP contribution in [-0.2, 0) is 0 Å². The van der Waals surface area contributed by atoms with Gasteiger partial charge in [0.15, 0.2) is 0 Å². The van der Waals surface area contributed by atoms with Crippen molar-refractivity contribution in [3.05, 3.63) is 94.4 Å². The minimum atomic E-state index is -1.23. The topological polar surface area (TPSA) is 72.4 Å². The Morgan fingerprint density at radius 2 is 1.71 bits per heavy atom. The van der Waals surface area contributed by atoms with Crippen molar-refractivity contribution in [3.8, 4) is 17.2 Å². The summed E-state index contributed by atoms with van der Waals surface area (Å²) < 4.78 is 17.2. The van der Waals surface area contributed by atoms with Gasteiger partial charge in [-0.3, -0.25) is 10.1 Å². The van der Waals surface area contributed by atoms with Gasteiger partial charge in [-0.25, -0.2) is 5.01 Å². The van der Waals surface area contributed by atoms with Gasteiger partial charge in [0.25, 0.3) is 5.24 Å². The number of nitrogens with zero attached hydrogens (tertiary/aromatic N) is 2. The lowest BCUT2D eigenvalue weighted by atomic mass is 9.95. The van der Waals surface area contributed by atoms with Crippen molar-refractivity contribution in [2.24, 2.45) is 5.10 Å². The van der Waals surface area contributed by atoms with Gasteiger partial charge < -0.3 is 14.2 Å². The number of thioether (sulfide) groups is 1. The molecule has 2 atom stereocenters. The summed E-state index contributed by atoms with van der Waals surface area (Å²) in [5.74, 6) is 1.07. The molecule has 3 aromatic carbocycles. The third-order valence-electron chi connectivity index (χ3n) is 6.41. The lowest BCUT2D eigenvalue weighted by Crippen LogP contribution is -2.61. The monoisotopic (exact) mass is 485 g/mol. The molecule has 1 spiro atoms. The zero-order valence-corrected chi connectivity index (χ0v) is 20.0. The predicted octanol–water partition coefficient (Wildman–Crippen LogP) is 5.40. The van der Waals surface area contributed by atoms with Crippen LogP contribution in [0.25, 0.3) is 6.08 Å². The van der Waals surface area contributed by atoms with Crippen LogP contribution in [0, 0.1) is 0 Å². The van der Waals surface area contributed by atoms with Crippen LogP contribution in [0.1, 0.15) is 29.2 Å². The van der Waals surface area contributed by atoms with Crippen molar-refractivity contribution in [3.63, 3.8) is 0 Å². The van der Waals surface area contributed by atoms with E-state index in [1.54, 1.807) is 14.2 Å². The maximum Gasteiger partial charge on any atom is 0.314 e. The predicted molar refractivity (Wildman–Crippen MR) is 136 cm³/mol. The summed E-state index contributed by atoms with van der Waals surface area (Å²) in [4.78, 5) is 13.5. The van der Waals surface area contributed by atoms with Crippen LogP contribution in [-0.4, -0.2) is 36.0 Å². The van der Waals surface area contributed by atoms with E-state index in [1.165, 1.54) is 0 Å². The minimum absolute atomic E-state index is 0.0877. The number of para-hydroxylation sites is 1. The molecule has 8 heteroatoms. The Hall–Kier alpha value is -3.91. The number of carbonyl (C=O) groups excluding carboxylic acids is 1. The average molecular weight is 486 g/mol. The number of hydrazone groups is 1. The van der Waals surface area contributed by atoms with Crippen LogP contribution >= 0.6 is 11.8 Å². The highest BCUT2D eigenvalue weighted by atomic mass is 32.2. The number of carbonyl (C=O) groups is 1. The lowest BCUT2D eigenvalue weighted by Gasteiger charge is -2.45. The van der Waals surface area contributed by atoms with Crippen LogP contribution in [0.4, 0.5) is 4.79 Å². The van der Waals surface area contributed by atoms with E-state index in [4.69, 9.17) is 19.3 Å². The Kier molecular flexibility index (Phi) is 5.18. The van der Waals surface area contributed by atoms with Crippen molar-refractivity contribution >= 4 is 28.8 Å². The molecule has 2 unspecified atom stereocenters. The molecular formula is C27H23N3O4S. The molecule has 1 saturated heterocycles. The van der Waals surface area contributed by atoms with Crippen LogP contribution < -0.4 is 19.5 Å². The lowest BCUT2D eigenvalue weighted by molar-refractivity contribution is -0.0949. The highest BCUT2D eigenvalue weighted by Gasteiger charge is 2.58. The summed E-state index contributed by atoms with van der Waals surface area (Å²) in [6.45, 7) is 0. The molecule has 176 valence electrons. The Bertz CT molecular complexity index is 1350. The van der Waals surface area contributed by atoms with Crippen molar-refractivity contribution in [2.45, 2.75) is 18.3 Å². The molecule has 3 aromatic rings. The van der Waals surface area contributed by atoms with E-state index in [1.807, 2.05) is 77.8 Å². The molecule has 6 rings (SSSR count). The average Bonchev–Trinajstić information content (AvgIpc) is 3.47. The van der Waals surface area contributed by atoms with Gasteiger partial charge in [0.2, 0.25) is 0 Å². The van der Waals surface area contributed by atoms with E-state index < -0.39 is 5.85 Å². The van der Waals surface area contributed by atoms with Gasteiger partial charge >= 0.3 is 5.85 Å². The standard InChI is InChI=1S/C27H23N3O4S/c1-32-19-11-7-17(8-12-19)15-25-27(28-26(31)35-25)30-23(21-5-3-4-6-24(21)34-27)16-22(29-30)18-9-13-20(33-2)14-10-18/h3-15,23H,16H2,1-2H3,(H,28,31)/b25-15-. The first kappa shape index (κ1) is 21.6. The van der Waals surface area contributed by atoms with E-state index in [-0.39, 0.29) is 11.3 Å². The van der Waals surface area contributed by atoms with Crippen molar-refractivity contribution in [1.82, 2.24) is 10.3 Å². The molecule has 3 aliphatic rings. The molecule has 1 fully saturated rings. The van der Waals surface area contributed by atoms with Gasteiger partial charge in [-0.05, 0) is 71.4 Å². The summed E-state index contributed by atoms with van der Waals surface area (Å²) in [6, 6.07) is 23.4. The molecule has 0 aromatic heterocycles. The SMILES string of the molecule is COc1ccc(/C=C2\SC(=O)NC23Oc2ccccc2C2CC(c4ccc(OC)cc4)=NN23)cc1. The number of rotatable bonds is 4. The van der Waals surface area contributed by atoms with Gasteiger partial charge in [0, 0.05) is 12.0 Å². The third-order valence-corrected chi connectivity index (χ3v) is 7.32. The highest BCUT2D eigenvalue weighted by Crippen LogP contribution is 2.52. The van der Waals surface area contributed by atoms with Gasteiger partial charge in [0.05, 0.1) is 30.9 Å². The smallest absolute Gasteiger partial charge is 0.314 e. The number of methoxy groups -OCH3 is 2. The molecule has 35 heavy (non-hydrogen) atoms. The maximum atomic E-state index is 12.8. The number of hydrogen-bond acceptors (Lipinski definition) is 7. The number of ether oxygens (including phenoxy) is 3.